The number of aryl methyl sites for hydroxylation is 1. The normalized spacial score (nSPS) is 12.6. The first-order valence-corrected chi connectivity index (χ1v) is 13.6. The minimum atomic E-state index is 1.07. The average molecular weight is 496 g/mol. The summed E-state index contributed by atoms with van der Waals surface area (Å²) in [5, 5.41) is 6.35. The van der Waals surface area contributed by atoms with Crippen molar-refractivity contribution in [2.75, 3.05) is 0 Å². The summed E-state index contributed by atoms with van der Waals surface area (Å²) in [5.74, 6) is 0. The molecule has 1 heteroatoms. The van der Waals surface area contributed by atoms with Crippen LogP contribution in [0.2, 0.25) is 0 Å². The first kappa shape index (κ1) is 22.0. The lowest BCUT2D eigenvalue weighted by molar-refractivity contribution is 0.967. The molecule has 0 amide bonds. The van der Waals surface area contributed by atoms with Crippen LogP contribution in [0.15, 0.2) is 121 Å². The van der Waals surface area contributed by atoms with Crippen LogP contribution in [0.3, 0.4) is 0 Å². The SMILES string of the molecule is c1cccc(-c2c3ccccc3c(-c3ccc(-n4c5c(c6ccccc64)CCC=C5)cc3)c3ccccc23)c#1. The third-order valence-corrected chi connectivity index (χ3v) is 8.12. The van der Waals surface area contributed by atoms with Crippen LogP contribution in [-0.4, -0.2) is 4.57 Å². The Morgan fingerprint density at radius 2 is 1.23 bits per heavy atom. The van der Waals surface area contributed by atoms with Crippen molar-refractivity contribution in [3.8, 4) is 27.9 Å². The molecule has 0 radical (unpaired) electrons. The number of hydrogen-bond acceptors (Lipinski definition) is 0. The molecule has 0 spiro atoms. The predicted octanol–water partition coefficient (Wildman–Crippen LogP) is 9.83. The molecule has 1 aliphatic rings. The molecule has 6 aromatic carbocycles. The van der Waals surface area contributed by atoms with Gasteiger partial charge in [0.15, 0.2) is 0 Å². The van der Waals surface area contributed by atoms with Crippen LogP contribution < -0.4 is 0 Å². The van der Waals surface area contributed by atoms with E-state index in [1.807, 2.05) is 12.1 Å². The van der Waals surface area contributed by atoms with Crippen molar-refractivity contribution in [2.24, 2.45) is 0 Å². The highest BCUT2D eigenvalue weighted by molar-refractivity contribution is 6.21. The van der Waals surface area contributed by atoms with Gasteiger partial charge in [-0.1, -0.05) is 103 Å². The van der Waals surface area contributed by atoms with E-state index in [1.54, 1.807) is 0 Å². The Kier molecular flexibility index (Phi) is 4.93. The van der Waals surface area contributed by atoms with Crippen molar-refractivity contribution in [2.45, 2.75) is 12.8 Å². The van der Waals surface area contributed by atoms with E-state index in [0.29, 0.717) is 0 Å². The van der Waals surface area contributed by atoms with E-state index in [9.17, 15) is 0 Å². The molecule has 0 unspecified atom stereocenters. The second-order valence-electron chi connectivity index (χ2n) is 10.3. The summed E-state index contributed by atoms with van der Waals surface area (Å²) >= 11 is 0. The Morgan fingerprint density at radius 1 is 0.590 bits per heavy atom. The van der Waals surface area contributed by atoms with Crippen LogP contribution in [-0.2, 0) is 6.42 Å². The summed E-state index contributed by atoms with van der Waals surface area (Å²) in [6, 6.07) is 48.1. The van der Waals surface area contributed by atoms with Gasteiger partial charge in [0.1, 0.15) is 0 Å². The fourth-order valence-electron chi connectivity index (χ4n) is 6.47. The number of benzene rings is 5. The number of para-hydroxylation sites is 1. The minimum absolute atomic E-state index is 1.07. The van der Waals surface area contributed by atoms with E-state index in [4.69, 9.17) is 0 Å². The zero-order chi connectivity index (χ0) is 25.8. The highest BCUT2D eigenvalue weighted by atomic mass is 15.0. The van der Waals surface area contributed by atoms with E-state index in [0.717, 1.165) is 18.4 Å². The molecule has 0 atom stereocenters. The molecular weight excluding hydrogens is 470 g/mol. The minimum Gasteiger partial charge on any atom is -0.310 e. The molecule has 182 valence electrons. The highest BCUT2D eigenvalue weighted by Gasteiger charge is 2.19. The van der Waals surface area contributed by atoms with Crippen LogP contribution in [0.25, 0.3) is 66.5 Å². The quantitative estimate of drug-likeness (QED) is 0.215. The summed E-state index contributed by atoms with van der Waals surface area (Å²) in [6.45, 7) is 0. The molecule has 0 bridgehead atoms. The van der Waals surface area contributed by atoms with Gasteiger partial charge in [0.2, 0.25) is 0 Å². The van der Waals surface area contributed by atoms with Crippen molar-refractivity contribution >= 4 is 38.5 Å². The fraction of sp³-hybridized carbons (Fsp3) is 0.0526. The van der Waals surface area contributed by atoms with E-state index in [-0.39, 0.29) is 0 Å². The first-order chi connectivity index (χ1) is 19.4. The molecule has 0 saturated heterocycles. The third kappa shape index (κ3) is 3.36. The van der Waals surface area contributed by atoms with Gasteiger partial charge >= 0.3 is 0 Å². The van der Waals surface area contributed by atoms with Crippen molar-refractivity contribution in [3.05, 3.63) is 145 Å². The van der Waals surface area contributed by atoms with E-state index >= 15 is 0 Å². The molecule has 0 N–H and O–H groups in total. The van der Waals surface area contributed by atoms with Gasteiger partial charge in [0.05, 0.1) is 5.52 Å². The van der Waals surface area contributed by atoms with Gasteiger partial charge in [0.25, 0.3) is 0 Å². The summed E-state index contributed by atoms with van der Waals surface area (Å²) in [4.78, 5) is 0. The highest BCUT2D eigenvalue weighted by Crippen LogP contribution is 2.43. The second-order valence-corrected chi connectivity index (χ2v) is 10.3. The smallest absolute Gasteiger partial charge is 0.0537 e. The molecule has 8 rings (SSSR count). The predicted molar refractivity (Wildman–Crippen MR) is 164 cm³/mol. The Bertz CT molecular complexity index is 1980. The number of rotatable bonds is 3. The van der Waals surface area contributed by atoms with E-state index in [1.165, 1.54) is 66.1 Å². The standard InChI is InChI=1S/C38H25N/c1-2-12-26(13-3-1)37-31-16-4-6-18-33(31)38(34-19-7-5-17-32(34)37)27-22-24-28(25-23-27)39-35-20-10-8-14-29(35)30-15-9-11-21-36(30)39/h1-2,4-8,10-12,14,16-25H,9,15H2. The maximum absolute atomic E-state index is 3.36. The summed E-state index contributed by atoms with van der Waals surface area (Å²) in [6.07, 6.45) is 6.80. The largest absolute Gasteiger partial charge is 0.310 e. The summed E-state index contributed by atoms with van der Waals surface area (Å²) < 4.78 is 2.42. The molecule has 0 aliphatic heterocycles. The van der Waals surface area contributed by atoms with Crippen molar-refractivity contribution in [3.63, 3.8) is 0 Å². The fourth-order valence-corrected chi connectivity index (χ4v) is 6.47. The average Bonchev–Trinajstić information content (AvgIpc) is 3.35. The molecule has 1 aromatic heterocycles. The Balaban J connectivity index is 1.36. The number of aromatic nitrogens is 1. The Hall–Kier alpha value is -5.06. The first-order valence-electron chi connectivity index (χ1n) is 13.6. The molecule has 7 aromatic rings. The lowest BCUT2D eigenvalue weighted by Crippen LogP contribution is -2.00. The molecule has 1 nitrogen and oxygen atoms in total. The van der Waals surface area contributed by atoms with Crippen molar-refractivity contribution in [1.29, 1.82) is 0 Å². The summed E-state index contributed by atoms with van der Waals surface area (Å²) in [7, 11) is 0. The Labute approximate surface area is 228 Å². The van der Waals surface area contributed by atoms with Crippen LogP contribution >= 0.6 is 0 Å². The van der Waals surface area contributed by atoms with Crippen LogP contribution in [0.4, 0.5) is 0 Å². The van der Waals surface area contributed by atoms with E-state index < -0.39 is 0 Å². The molecule has 1 heterocycles. The maximum Gasteiger partial charge on any atom is 0.0537 e. The van der Waals surface area contributed by atoms with Crippen molar-refractivity contribution in [1.82, 2.24) is 4.57 Å². The number of allylic oxidation sites excluding steroid dienone is 1. The van der Waals surface area contributed by atoms with Crippen LogP contribution in [0.5, 0.6) is 0 Å². The van der Waals surface area contributed by atoms with Gasteiger partial charge in [-0.3, -0.25) is 0 Å². The number of fused-ring (bicyclic) bond motifs is 5. The Morgan fingerprint density at radius 3 is 1.90 bits per heavy atom. The molecule has 0 saturated carbocycles. The maximum atomic E-state index is 3.36. The van der Waals surface area contributed by atoms with Gasteiger partial charge in [-0.15, -0.1) is 0 Å². The molecular formula is C38H25N. The topological polar surface area (TPSA) is 4.93 Å². The van der Waals surface area contributed by atoms with Crippen molar-refractivity contribution < 1.29 is 0 Å². The molecule has 39 heavy (non-hydrogen) atoms. The van der Waals surface area contributed by atoms with E-state index in [2.05, 4.69) is 132 Å². The monoisotopic (exact) mass is 495 g/mol. The van der Waals surface area contributed by atoms with Gasteiger partial charge in [-0.25, -0.2) is 0 Å². The molecule has 1 aliphatic carbocycles. The van der Waals surface area contributed by atoms with Gasteiger partial charge < -0.3 is 4.57 Å². The lowest BCUT2D eigenvalue weighted by Gasteiger charge is -2.17. The zero-order valence-corrected chi connectivity index (χ0v) is 21.5. The zero-order valence-electron chi connectivity index (χ0n) is 21.5. The number of nitrogens with zero attached hydrogens (tertiary/aromatic N) is 1. The van der Waals surface area contributed by atoms with Crippen LogP contribution in [0.1, 0.15) is 17.7 Å². The third-order valence-electron chi connectivity index (χ3n) is 8.12. The summed E-state index contributed by atoms with van der Waals surface area (Å²) in [5.41, 5.74) is 10.0. The van der Waals surface area contributed by atoms with Gasteiger partial charge in [-0.2, -0.15) is 0 Å². The van der Waals surface area contributed by atoms with Crippen LogP contribution in [0, 0.1) is 12.1 Å². The molecule has 0 fully saturated rings. The van der Waals surface area contributed by atoms with Gasteiger partial charge in [0, 0.05) is 27.9 Å². The second kappa shape index (κ2) is 8.76. The number of hydrogen-bond donors (Lipinski definition) is 0. The lowest BCUT2D eigenvalue weighted by atomic mass is 9.86. The van der Waals surface area contributed by atoms with Gasteiger partial charge in [-0.05, 0) is 87.5 Å².